The molecule has 1 amide bonds. The molecule has 0 saturated carbocycles. The second-order valence-electron chi connectivity index (χ2n) is 3.85. The average molecular weight is 214 g/mol. The molecule has 1 fully saturated rings. The molecule has 0 aliphatic carbocycles. The van der Waals surface area contributed by atoms with Crippen LogP contribution in [0, 0.1) is 5.92 Å². The topological polar surface area (TPSA) is 78.4 Å². The van der Waals surface area contributed by atoms with Gasteiger partial charge in [0.15, 0.2) is 0 Å². The van der Waals surface area contributed by atoms with Gasteiger partial charge in [-0.05, 0) is 25.8 Å². The molecule has 1 heterocycles. The molecule has 0 aromatic heterocycles. The second-order valence-corrected chi connectivity index (χ2v) is 3.85. The Bertz CT molecular complexity index is 237. The van der Waals surface area contributed by atoms with Crippen LogP contribution in [0.25, 0.3) is 0 Å². The first kappa shape index (κ1) is 12.0. The van der Waals surface area contributed by atoms with Crippen LogP contribution < -0.4 is 10.6 Å². The number of rotatable bonds is 4. The van der Waals surface area contributed by atoms with E-state index in [0.717, 1.165) is 19.4 Å². The van der Waals surface area contributed by atoms with Crippen molar-refractivity contribution in [3.63, 3.8) is 0 Å². The van der Waals surface area contributed by atoms with Gasteiger partial charge in [0.05, 0.1) is 5.92 Å². The second kappa shape index (κ2) is 5.70. The van der Waals surface area contributed by atoms with Gasteiger partial charge in [0.2, 0.25) is 5.91 Å². The molecule has 5 heteroatoms. The summed E-state index contributed by atoms with van der Waals surface area (Å²) in [5.74, 6) is -1.18. The molecule has 0 bridgehead atoms. The highest BCUT2D eigenvalue weighted by Gasteiger charge is 2.25. The number of nitrogens with one attached hydrogen (secondary N) is 2. The molecule has 1 rings (SSSR count). The van der Waals surface area contributed by atoms with Gasteiger partial charge in [0.25, 0.3) is 0 Å². The molecule has 1 aliphatic heterocycles. The van der Waals surface area contributed by atoms with Gasteiger partial charge in [0, 0.05) is 6.54 Å². The van der Waals surface area contributed by atoms with E-state index in [1.165, 1.54) is 0 Å². The first-order chi connectivity index (χ1) is 7.15. The molecule has 2 atom stereocenters. The number of carbonyl (C=O) groups excluding carboxylic acids is 1. The number of piperidine rings is 1. The number of aliphatic carboxylic acids is 1. The molecule has 1 aliphatic rings. The highest BCUT2D eigenvalue weighted by Crippen LogP contribution is 2.10. The molecular formula is C10H18N2O3. The maximum Gasteiger partial charge on any atom is 0.326 e. The predicted octanol–water partition coefficient (Wildman–Crippen LogP) is -0.0346. The van der Waals surface area contributed by atoms with Crippen LogP contribution in [0.4, 0.5) is 0 Å². The summed E-state index contributed by atoms with van der Waals surface area (Å²) in [6.07, 6.45) is 2.23. The van der Waals surface area contributed by atoms with Gasteiger partial charge in [-0.1, -0.05) is 6.92 Å². The van der Waals surface area contributed by atoms with Gasteiger partial charge >= 0.3 is 5.97 Å². The molecule has 0 aromatic carbocycles. The highest BCUT2D eigenvalue weighted by molar-refractivity contribution is 5.85. The zero-order valence-electron chi connectivity index (χ0n) is 8.95. The number of carboxylic acids is 1. The third-order valence-corrected chi connectivity index (χ3v) is 2.69. The number of hydrogen-bond acceptors (Lipinski definition) is 3. The monoisotopic (exact) mass is 214 g/mol. The Balaban J connectivity index is 2.42. The lowest BCUT2D eigenvalue weighted by Crippen LogP contribution is -2.47. The van der Waals surface area contributed by atoms with Crippen LogP contribution in [0.1, 0.15) is 26.2 Å². The van der Waals surface area contributed by atoms with Crippen LogP contribution in [-0.4, -0.2) is 36.1 Å². The molecular weight excluding hydrogens is 196 g/mol. The van der Waals surface area contributed by atoms with Gasteiger partial charge in [-0.3, -0.25) is 4.79 Å². The summed E-state index contributed by atoms with van der Waals surface area (Å²) in [5, 5.41) is 14.5. The van der Waals surface area contributed by atoms with Crippen molar-refractivity contribution in [2.24, 2.45) is 5.92 Å². The molecule has 15 heavy (non-hydrogen) atoms. The third kappa shape index (κ3) is 3.51. The molecule has 86 valence electrons. The minimum atomic E-state index is -0.963. The van der Waals surface area contributed by atoms with Crippen LogP contribution >= 0.6 is 0 Å². The normalized spacial score (nSPS) is 23.1. The average Bonchev–Trinajstić information content (AvgIpc) is 2.26. The maximum atomic E-state index is 11.7. The van der Waals surface area contributed by atoms with Crippen molar-refractivity contribution in [3.8, 4) is 0 Å². The summed E-state index contributed by atoms with van der Waals surface area (Å²) >= 11 is 0. The van der Waals surface area contributed by atoms with Crippen LogP contribution in [0.5, 0.6) is 0 Å². The SMILES string of the molecule is CC[C@H](NC(=O)[C@H]1CCCNC1)C(=O)O. The fraction of sp³-hybridized carbons (Fsp3) is 0.800. The van der Waals surface area contributed by atoms with Crippen molar-refractivity contribution in [1.82, 2.24) is 10.6 Å². The van der Waals surface area contributed by atoms with E-state index in [0.29, 0.717) is 13.0 Å². The summed E-state index contributed by atoms with van der Waals surface area (Å²) in [6, 6.07) is -0.751. The highest BCUT2D eigenvalue weighted by atomic mass is 16.4. The van der Waals surface area contributed by atoms with Crippen molar-refractivity contribution >= 4 is 11.9 Å². The number of carbonyl (C=O) groups is 2. The van der Waals surface area contributed by atoms with Crippen LogP contribution in [0.2, 0.25) is 0 Å². The van der Waals surface area contributed by atoms with E-state index in [9.17, 15) is 9.59 Å². The predicted molar refractivity (Wildman–Crippen MR) is 55.5 cm³/mol. The molecule has 3 N–H and O–H groups in total. The van der Waals surface area contributed by atoms with E-state index in [-0.39, 0.29) is 11.8 Å². The summed E-state index contributed by atoms with van der Waals surface area (Å²) in [6.45, 7) is 3.35. The minimum Gasteiger partial charge on any atom is -0.480 e. The molecule has 0 spiro atoms. The minimum absolute atomic E-state index is 0.0767. The lowest BCUT2D eigenvalue weighted by atomic mass is 9.98. The zero-order chi connectivity index (χ0) is 11.3. The Morgan fingerprint density at radius 1 is 1.60 bits per heavy atom. The first-order valence-electron chi connectivity index (χ1n) is 5.39. The summed E-state index contributed by atoms with van der Waals surface area (Å²) in [7, 11) is 0. The summed E-state index contributed by atoms with van der Waals surface area (Å²) < 4.78 is 0. The Morgan fingerprint density at radius 3 is 2.80 bits per heavy atom. The third-order valence-electron chi connectivity index (χ3n) is 2.69. The van der Waals surface area contributed by atoms with E-state index >= 15 is 0 Å². The molecule has 0 unspecified atom stereocenters. The Hall–Kier alpha value is -1.10. The van der Waals surface area contributed by atoms with Gasteiger partial charge in [-0.2, -0.15) is 0 Å². The number of amides is 1. The summed E-state index contributed by atoms with van der Waals surface area (Å²) in [4.78, 5) is 22.4. The van der Waals surface area contributed by atoms with E-state index in [4.69, 9.17) is 5.11 Å². The maximum absolute atomic E-state index is 11.7. The van der Waals surface area contributed by atoms with Crippen molar-refractivity contribution in [1.29, 1.82) is 0 Å². The van der Waals surface area contributed by atoms with Crippen molar-refractivity contribution < 1.29 is 14.7 Å². The van der Waals surface area contributed by atoms with Gasteiger partial charge in [0.1, 0.15) is 6.04 Å². The first-order valence-corrected chi connectivity index (χ1v) is 5.39. The van der Waals surface area contributed by atoms with E-state index in [1.54, 1.807) is 6.92 Å². The molecule has 0 radical (unpaired) electrons. The zero-order valence-corrected chi connectivity index (χ0v) is 8.95. The van der Waals surface area contributed by atoms with Crippen LogP contribution in [0.15, 0.2) is 0 Å². The van der Waals surface area contributed by atoms with E-state index in [2.05, 4.69) is 10.6 Å². The van der Waals surface area contributed by atoms with Gasteiger partial charge < -0.3 is 15.7 Å². The quantitative estimate of drug-likeness (QED) is 0.614. The molecule has 1 saturated heterocycles. The van der Waals surface area contributed by atoms with E-state index < -0.39 is 12.0 Å². The fourth-order valence-corrected chi connectivity index (χ4v) is 1.70. The Kier molecular flexibility index (Phi) is 4.55. The van der Waals surface area contributed by atoms with Crippen LogP contribution in [-0.2, 0) is 9.59 Å². The Morgan fingerprint density at radius 2 is 2.33 bits per heavy atom. The van der Waals surface area contributed by atoms with Gasteiger partial charge in [-0.15, -0.1) is 0 Å². The van der Waals surface area contributed by atoms with Gasteiger partial charge in [-0.25, -0.2) is 4.79 Å². The van der Waals surface area contributed by atoms with Crippen molar-refractivity contribution in [3.05, 3.63) is 0 Å². The van der Waals surface area contributed by atoms with E-state index in [1.807, 2.05) is 0 Å². The lowest BCUT2D eigenvalue weighted by Gasteiger charge is -2.23. The molecule has 0 aromatic rings. The summed E-state index contributed by atoms with van der Waals surface area (Å²) in [5.41, 5.74) is 0. The molecule has 5 nitrogen and oxygen atoms in total. The smallest absolute Gasteiger partial charge is 0.326 e. The standard InChI is InChI=1S/C10H18N2O3/c1-2-8(10(14)15)12-9(13)7-4-3-5-11-6-7/h7-8,11H,2-6H2,1H3,(H,12,13)(H,14,15)/t7-,8-/m0/s1. The largest absolute Gasteiger partial charge is 0.480 e. The Labute approximate surface area is 89.2 Å². The fourth-order valence-electron chi connectivity index (χ4n) is 1.70. The number of carboxylic acid groups (broad SMARTS) is 1. The van der Waals surface area contributed by atoms with Crippen LogP contribution in [0.3, 0.4) is 0 Å². The number of hydrogen-bond donors (Lipinski definition) is 3. The van der Waals surface area contributed by atoms with Crippen molar-refractivity contribution in [2.45, 2.75) is 32.2 Å². The lowest BCUT2D eigenvalue weighted by molar-refractivity contribution is -0.142. The van der Waals surface area contributed by atoms with Crippen molar-refractivity contribution in [2.75, 3.05) is 13.1 Å².